The molecule has 2 heterocycles. The molecule has 1 atom stereocenters. The Morgan fingerprint density at radius 2 is 1.84 bits per heavy atom. The van der Waals surface area contributed by atoms with E-state index in [-0.39, 0.29) is 24.4 Å². The van der Waals surface area contributed by atoms with Gasteiger partial charge >= 0.3 is 0 Å². The lowest BCUT2D eigenvalue weighted by atomic mass is 9.95. The molecule has 0 saturated heterocycles. The fraction of sp³-hybridized carbons (Fsp3) is 0.357. The Kier molecular flexibility index (Phi) is 7.57. The molecular formula is C28H31N5O5. The van der Waals surface area contributed by atoms with Crippen LogP contribution in [-0.4, -0.2) is 47.1 Å². The number of furan rings is 1. The molecule has 0 bridgehead atoms. The zero-order valence-corrected chi connectivity index (χ0v) is 21.5. The number of aromatic nitrogens is 3. The highest BCUT2D eigenvalue weighted by molar-refractivity contribution is 6.01. The van der Waals surface area contributed by atoms with Gasteiger partial charge in [0.2, 0.25) is 5.91 Å². The van der Waals surface area contributed by atoms with Gasteiger partial charge in [0.15, 0.2) is 17.5 Å². The van der Waals surface area contributed by atoms with Crippen molar-refractivity contribution in [2.24, 2.45) is 0 Å². The van der Waals surface area contributed by atoms with Gasteiger partial charge in [0.05, 0.1) is 26.0 Å². The number of hydrogen-bond acceptors (Lipinski definition) is 7. The standard InChI is InChI=1S/C28H31N5O5/c1-36-23-15-14-20(17-25(23)37-2)33(26(34)18-32-22-12-7-6-11-21(22)30-31-32)27(24-13-8-16-38-24)28(35)29-19-9-4-3-5-10-19/h6-8,11-17,19,27H,3-5,9-10,18H2,1-2H3,(H,29,35)/t27-/m0/s1. The van der Waals surface area contributed by atoms with Gasteiger partial charge in [0.1, 0.15) is 17.8 Å². The predicted octanol–water partition coefficient (Wildman–Crippen LogP) is 4.26. The summed E-state index contributed by atoms with van der Waals surface area (Å²) in [5.74, 6) is 0.614. The minimum absolute atomic E-state index is 0.0512. The van der Waals surface area contributed by atoms with E-state index >= 15 is 0 Å². The number of rotatable bonds is 9. The van der Waals surface area contributed by atoms with Crippen LogP contribution in [0, 0.1) is 0 Å². The number of anilines is 1. The van der Waals surface area contributed by atoms with Crippen LogP contribution in [0.1, 0.15) is 43.9 Å². The van der Waals surface area contributed by atoms with E-state index in [0.29, 0.717) is 34.0 Å². The number of fused-ring (bicyclic) bond motifs is 1. The van der Waals surface area contributed by atoms with Crippen LogP contribution in [0.3, 0.4) is 0 Å². The Morgan fingerprint density at radius 3 is 2.58 bits per heavy atom. The molecule has 1 fully saturated rings. The molecule has 0 aliphatic heterocycles. The third-order valence-corrected chi connectivity index (χ3v) is 6.89. The topological polar surface area (TPSA) is 112 Å². The lowest BCUT2D eigenvalue weighted by molar-refractivity contribution is -0.128. The first-order chi connectivity index (χ1) is 18.6. The Bertz CT molecular complexity index is 1390. The van der Waals surface area contributed by atoms with E-state index in [4.69, 9.17) is 13.9 Å². The Balaban J connectivity index is 1.56. The zero-order chi connectivity index (χ0) is 26.5. The molecule has 1 N–H and O–H groups in total. The van der Waals surface area contributed by atoms with Crippen molar-refractivity contribution in [2.45, 2.75) is 50.7 Å². The summed E-state index contributed by atoms with van der Waals surface area (Å²) in [6.07, 6.45) is 6.61. The molecule has 10 heteroatoms. The summed E-state index contributed by atoms with van der Waals surface area (Å²) in [4.78, 5) is 29.4. The molecule has 10 nitrogen and oxygen atoms in total. The van der Waals surface area contributed by atoms with Gasteiger partial charge in [-0.2, -0.15) is 0 Å². The highest BCUT2D eigenvalue weighted by Crippen LogP contribution is 2.36. The fourth-order valence-electron chi connectivity index (χ4n) is 5.00. The molecule has 1 saturated carbocycles. The summed E-state index contributed by atoms with van der Waals surface area (Å²) in [7, 11) is 3.06. The maximum absolute atomic E-state index is 14.1. The Morgan fingerprint density at radius 1 is 1.05 bits per heavy atom. The van der Waals surface area contributed by atoms with Crippen molar-refractivity contribution in [1.29, 1.82) is 0 Å². The molecule has 2 amide bonds. The number of carbonyl (C=O) groups is 2. The summed E-state index contributed by atoms with van der Waals surface area (Å²) in [6, 6.07) is 14.9. The average Bonchev–Trinajstić information content (AvgIpc) is 3.62. The van der Waals surface area contributed by atoms with E-state index in [1.807, 2.05) is 24.3 Å². The molecule has 0 radical (unpaired) electrons. The van der Waals surface area contributed by atoms with Gasteiger partial charge in [0, 0.05) is 17.8 Å². The number of methoxy groups -OCH3 is 2. The number of carbonyl (C=O) groups excluding carboxylic acids is 2. The summed E-state index contributed by atoms with van der Waals surface area (Å²) in [5, 5.41) is 11.5. The second kappa shape index (κ2) is 11.4. The molecule has 0 unspecified atom stereocenters. The molecule has 4 aromatic rings. The number of amides is 2. The molecule has 1 aliphatic rings. The normalized spacial score (nSPS) is 14.7. The van der Waals surface area contributed by atoms with E-state index in [2.05, 4.69) is 15.6 Å². The second-order valence-electron chi connectivity index (χ2n) is 9.30. The lowest BCUT2D eigenvalue weighted by Crippen LogP contribution is -2.48. The smallest absolute Gasteiger partial charge is 0.251 e. The maximum Gasteiger partial charge on any atom is 0.251 e. The number of benzene rings is 2. The van der Waals surface area contributed by atoms with Gasteiger partial charge in [-0.15, -0.1) is 5.10 Å². The van der Waals surface area contributed by atoms with E-state index in [9.17, 15) is 9.59 Å². The van der Waals surface area contributed by atoms with Crippen molar-refractivity contribution < 1.29 is 23.5 Å². The summed E-state index contributed by atoms with van der Waals surface area (Å²) >= 11 is 0. The molecule has 2 aromatic carbocycles. The van der Waals surface area contributed by atoms with Crippen molar-refractivity contribution in [3.05, 3.63) is 66.6 Å². The molecular weight excluding hydrogens is 486 g/mol. The Labute approximate surface area is 220 Å². The predicted molar refractivity (Wildman–Crippen MR) is 141 cm³/mol. The van der Waals surface area contributed by atoms with Crippen LogP contribution < -0.4 is 19.7 Å². The van der Waals surface area contributed by atoms with Crippen LogP contribution in [0.2, 0.25) is 0 Å². The minimum atomic E-state index is -1.05. The van der Waals surface area contributed by atoms with E-state index in [0.717, 1.165) is 32.1 Å². The van der Waals surface area contributed by atoms with Gasteiger partial charge < -0.3 is 19.2 Å². The average molecular weight is 518 g/mol. The third-order valence-electron chi connectivity index (χ3n) is 6.89. The molecule has 0 spiro atoms. The highest BCUT2D eigenvalue weighted by Gasteiger charge is 2.36. The third kappa shape index (κ3) is 5.20. The van der Waals surface area contributed by atoms with Crippen LogP contribution >= 0.6 is 0 Å². The summed E-state index contributed by atoms with van der Waals surface area (Å²) in [5.41, 5.74) is 1.85. The number of nitrogens with one attached hydrogen (secondary N) is 1. The number of para-hydroxylation sites is 1. The first kappa shape index (κ1) is 25.3. The summed E-state index contributed by atoms with van der Waals surface area (Å²) < 4.78 is 18.2. The molecule has 5 rings (SSSR count). The van der Waals surface area contributed by atoms with Crippen molar-refractivity contribution >= 4 is 28.5 Å². The molecule has 2 aromatic heterocycles. The van der Waals surface area contributed by atoms with Crippen molar-refractivity contribution in [1.82, 2.24) is 20.3 Å². The maximum atomic E-state index is 14.1. The molecule has 198 valence electrons. The first-order valence-electron chi connectivity index (χ1n) is 12.7. The first-order valence-corrected chi connectivity index (χ1v) is 12.7. The second-order valence-corrected chi connectivity index (χ2v) is 9.30. The minimum Gasteiger partial charge on any atom is -0.493 e. The molecule has 38 heavy (non-hydrogen) atoms. The quantitative estimate of drug-likeness (QED) is 0.353. The number of nitrogens with zero attached hydrogens (tertiary/aromatic N) is 4. The lowest BCUT2D eigenvalue weighted by Gasteiger charge is -2.32. The van der Waals surface area contributed by atoms with Gasteiger partial charge in [-0.1, -0.05) is 36.6 Å². The monoisotopic (exact) mass is 517 g/mol. The van der Waals surface area contributed by atoms with Crippen LogP contribution in [-0.2, 0) is 16.1 Å². The van der Waals surface area contributed by atoms with Crippen molar-refractivity contribution in [2.75, 3.05) is 19.1 Å². The van der Waals surface area contributed by atoms with Crippen molar-refractivity contribution in [3.8, 4) is 11.5 Å². The molecule has 1 aliphatic carbocycles. The van der Waals surface area contributed by atoms with Crippen LogP contribution in [0.15, 0.2) is 65.3 Å². The number of ether oxygens (including phenoxy) is 2. The van der Waals surface area contributed by atoms with E-state index < -0.39 is 6.04 Å². The summed E-state index contributed by atoms with van der Waals surface area (Å²) in [6.45, 7) is -0.136. The highest BCUT2D eigenvalue weighted by atomic mass is 16.5. The zero-order valence-electron chi connectivity index (χ0n) is 21.5. The van der Waals surface area contributed by atoms with Crippen LogP contribution in [0.5, 0.6) is 11.5 Å². The van der Waals surface area contributed by atoms with E-state index in [1.54, 1.807) is 37.4 Å². The largest absolute Gasteiger partial charge is 0.493 e. The number of hydrogen-bond donors (Lipinski definition) is 1. The fourth-order valence-corrected chi connectivity index (χ4v) is 5.00. The van der Waals surface area contributed by atoms with Gasteiger partial charge in [0.25, 0.3) is 5.91 Å². The van der Waals surface area contributed by atoms with E-state index in [1.165, 1.54) is 23.0 Å². The van der Waals surface area contributed by atoms with Crippen molar-refractivity contribution in [3.63, 3.8) is 0 Å². The van der Waals surface area contributed by atoms with Gasteiger partial charge in [-0.3, -0.25) is 14.5 Å². The van der Waals surface area contributed by atoms with Gasteiger partial charge in [-0.25, -0.2) is 4.68 Å². The Hall–Kier alpha value is -4.34. The van der Waals surface area contributed by atoms with Gasteiger partial charge in [-0.05, 0) is 49.2 Å². The van der Waals surface area contributed by atoms with Crippen LogP contribution in [0.25, 0.3) is 11.0 Å². The SMILES string of the molecule is COc1ccc(N(C(=O)Cn2nnc3ccccc32)[C@H](C(=O)NC2CCCCC2)c2ccco2)cc1OC. The van der Waals surface area contributed by atoms with Crippen LogP contribution in [0.4, 0.5) is 5.69 Å².